The summed E-state index contributed by atoms with van der Waals surface area (Å²) in [6, 6.07) is 8.11. The fourth-order valence-electron chi connectivity index (χ4n) is 2.19. The first-order valence-electron chi connectivity index (χ1n) is 7.12. The molecule has 0 N–H and O–H groups in total. The molecule has 1 aliphatic heterocycles. The smallest absolute Gasteiger partial charge is 0.164 e. The fraction of sp³-hybridized carbons (Fsp3) is 0.471. The van der Waals surface area contributed by atoms with E-state index in [1.54, 1.807) is 0 Å². The van der Waals surface area contributed by atoms with Crippen LogP contribution in [0, 0.1) is 6.92 Å². The number of ketones is 1. The average molecular weight is 259 g/mol. The number of carbonyl (C=O) groups is 1. The molecule has 0 aliphatic carbocycles. The van der Waals surface area contributed by atoms with Crippen LogP contribution in [0.15, 0.2) is 35.9 Å². The quantitative estimate of drug-likeness (QED) is 0.829. The number of hydrogen-bond donors (Lipinski definition) is 0. The predicted molar refractivity (Wildman–Crippen MR) is 81.4 cm³/mol. The van der Waals surface area contributed by atoms with Gasteiger partial charge in [-0.3, -0.25) is 4.79 Å². The van der Waals surface area contributed by atoms with Gasteiger partial charge in [0.15, 0.2) is 5.78 Å². The molecule has 0 saturated heterocycles. The maximum atomic E-state index is 12.2. The molecule has 0 fully saturated rings. The molecular weight excluding hydrogens is 234 g/mol. The topological polar surface area (TPSA) is 20.3 Å². The van der Waals surface area contributed by atoms with Crippen molar-refractivity contribution < 1.29 is 4.79 Å². The van der Waals surface area contributed by atoms with E-state index < -0.39 is 0 Å². The van der Waals surface area contributed by atoms with Crippen LogP contribution in [-0.2, 0) is 11.2 Å². The second-order valence-corrected chi connectivity index (χ2v) is 4.78. The van der Waals surface area contributed by atoms with E-state index in [2.05, 4.69) is 31.0 Å². The molecule has 2 heteroatoms. The molecule has 104 valence electrons. The zero-order valence-corrected chi connectivity index (χ0v) is 12.6. The minimum atomic E-state index is 0.269. The lowest BCUT2D eigenvalue weighted by Gasteiger charge is -2.22. The zero-order valence-electron chi connectivity index (χ0n) is 12.6. The van der Waals surface area contributed by atoms with Crippen LogP contribution >= 0.6 is 0 Å². The normalized spacial score (nSPS) is 15.3. The lowest BCUT2D eigenvalue weighted by Crippen LogP contribution is -2.29. The maximum Gasteiger partial charge on any atom is 0.164 e. The molecule has 0 aromatic heterocycles. The van der Waals surface area contributed by atoms with E-state index in [-0.39, 0.29) is 5.78 Å². The van der Waals surface area contributed by atoms with Gasteiger partial charge in [-0.25, -0.2) is 0 Å². The summed E-state index contributed by atoms with van der Waals surface area (Å²) in [5, 5.41) is 0. The molecule has 0 spiro atoms. The number of hydrogen-bond acceptors (Lipinski definition) is 2. The Balaban J connectivity index is 0.000000861. The summed E-state index contributed by atoms with van der Waals surface area (Å²) in [4.78, 5) is 14.4. The summed E-state index contributed by atoms with van der Waals surface area (Å²) >= 11 is 0. The Kier molecular flexibility index (Phi) is 6.51. The highest BCUT2D eigenvalue weighted by molar-refractivity contribution is 5.97. The molecule has 0 unspecified atom stereocenters. The number of likely N-dealkylation sites (N-methyl/N-ethyl adjacent to an activating group) is 1. The molecule has 0 amide bonds. The Hall–Kier alpha value is -1.41. The van der Waals surface area contributed by atoms with Crippen molar-refractivity contribution in [3.05, 3.63) is 47.0 Å². The first-order valence-corrected chi connectivity index (χ1v) is 7.12. The third-order valence-electron chi connectivity index (χ3n) is 3.31. The number of rotatable bonds is 3. The van der Waals surface area contributed by atoms with Crippen molar-refractivity contribution in [1.29, 1.82) is 0 Å². The first kappa shape index (κ1) is 15.6. The number of Topliss-reactive ketones (excluding diaryl/α,β-unsaturated/α-hetero) is 1. The Morgan fingerprint density at radius 2 is 1.95 bits per heavy atom. The molecule has 1 aliphatic rings. The summed E-state index contributed by atoms with van der Waals surface area (Å²) in [6.07, 6.45) is 3.62. The van der Waals surface area contributed by atoms with Gasteiger partial charge in [-0.1, -0.05) is 44.2 Å². The van der Waals surface area contributed by atoms with Crippen molar-refractivity contribution in [2.24, 2.45) is 0 Å². The molecule has 0 bridgehead atoms. The van der Waals surface area contributed by atoms with E-state index in [4.69, 9.17) is 0 Å². The van der Waals surface area contributed by atoms with Gasteiger partial charge >= 0.3 is 0 Å². The first-order chi connectivity index (χ1) is 9.16. The van der Waals surface area contributed by atoms with E-state index >= 15 is 0 Å². The monoisotopic (exact) mass is 259 g/mol. The molecule has 0 atom stereocenters. The Morgan fingerprint density at radius 3 is 2.58 bits per heavy atom. The SMILES string of the molecule is CC.Cc1ccccc1CC(=O)C1=CCCN(C)C1. The zero-order chi connectivity index (χ0) is 14.3. The minimum absolute atomic E-state index is 0.269. The third kappa shape index (κ3) is 4.64. The Bertz CT molecular complexity index is 448. The molecule has 1 aromatic carbocycles. The van der Waals surface area contributed by atoms with E-state index in [0.29, 0.717) is 6.42 Å². The van der Waals surface area contributed by atoms with Crippen LogP contribution in [-0.4, -0.2) is 30.8 Å². The van der Waals surface area contributed by atoms with Crippen molar-refractivity contribution in [3.63, 3.8) is 0 Å². The van der Waals surface area contributed by atoms with E-state index in [9.17, 15) is 4.79 Å². The lowest BCUT2D eigenvalue weighted by atomic mass is 9.97. The lowest BCUT2D eigenvalue weighted by molar-refractivity contribution is -0.115. The molecule has 19 heavy (non-hydrogen) atoms. The highest BCUT2D eigenvalue weighted by Gasteiger charge is 2.16. The van der Waals surface area contributed by atoms with Crippen LogP contribution in [0.1, 0.15) is 31.4 Å². The van der Waals surface area contributed by atoms with Gasteiger partial charge in [0.25, 0.3) is 0 Å². The number of benzene rings is 1. The highest BCUT2D eigenvalue weighted by atomic mass is 16.1. The molecule has 0 saturated carbocycles. The summed E-state index contributed by atoms with van der Waals surface area (Å²) < 4.78 is 0. The van der Waals surface area contributed by atoms with Gasteiger partial charge in [0.2, 0.25) is 0 Å². The average Bonchev–Trinajstić information content (AvgIpc) is 2.43. The van der Waals surface area contributed by atoms with Crippen LogP contribution in [0.4, 0.5) is 0 Å². The van der Waals surface area contributed by atoms with E-state index in [1.165, 1.54) is 5.56 Å². The van der Waals surface area contributed by atoms with Crippen LogP contribution in [0.25, 0.3) is 0 Å². The molecule has 0 radical (unpaired) electrons. The van der Waals surface area contributed by atoms with Crippen molar-refractivity contribution >= 4 is 5.78 Å². The largest absolute Gasteiger partial charge is 0.302 e. The molecule has 1 heterocycles. The number of aryl methyl sites for hydroxylation is 1. The standard InChI is InChI=1S/C15H19NO.C2H6/c1-12-6-3-4-7-13(12)10-15(17)14-8-5-9-16(2)11-14;1-2/h3-4,6-8H,5,9-11H2,1-2H3;1-2H3. The van der Waals surface area contributed by atoms with E-state index in [0.717, 1.165) is 30.6 Å². The summed E-state index contributed by atoms with van der Waals surface area (Å²) in [7, 11) is 2.06. The van der Waals surface area contributed by atoms with Gasteiger partial charge in [-0.2, -0.15) is 0 Å². The van der Waals surface area contributed by atoms with Gasteiger partial charge in [0.1, 0.15) is 0 Å². The molecule has 2 rings (SSSR count). The third-order valence-corrected chi connectivity index (χ3v) is 3.31. The van der Waals surface area contributed by atoms with Crippen LogP contribution in [0.2, 0.25) is 0 Å². The number of carbonyl (C=O) groups excluding carboxylic acids is 1. The molecule has 1 aromatic rings. The fourth-order valence-corrected chi connectivity index (χ4v) is 2.19. The molecular formula is C17H25NO. The van der Waals surface area contributed by atoms with Crippen molar-refractivity contribution in [2.75, 3.05) is 20.1 Å². The summed E-state index contributed by atoms with van der Waals surface area (Å²) in [5.74, 6) is 0.269. The van der Waals surface area contributed by atoms with Gasteiger partial charge in [0.05, 0.1) is 0 Å². The minimum Gasteiger partial charge on any atom is -0.302 e. The Labute approximate surface area is 117 Å². The van der Waals surface area contributed by atoms with Crippen molar-refractivity contribution in [3.8, 4) is 0 Å². The molecule has 2 nitrogen and oxygen atoms in total. The van der Waals surface area contributed by atoms with Crippen molar-refractivity contribution in [2.45, 2.75) is 33.6 Å². The number of nitrogens with zero attached hydrogens (tertiary/aromatic N) is 1. The second-order valence-electron chi connectivity index (χ2n) is 4.78. The van der Waals surface area contributed by atoms with Crippen LogP contribution in [0.5, 0.6) is 0 Å². The van der Waals surface area contributed by atoms with Gasteiger partial charge in [-0.05, 0) is 31.5 Å². The summed E-state index contributed by atoms with van der Waals surface area (Å²) in [5.41, 5.74) is 3.32. The predicted octanol–water partition coefficient (Wildman–Crippen LogP) is 3.39. The maximum absolute atomic E-state index is 12.2. The highest BCUT2D eigenvalue weighted by Crippen LogP contribution is 2.14. The van der Waals surface area contributed by atoms with Gasteiger partial charge < -0.3 is 4.90 Å². The van der Waals surface area contributed by atoms with Gasteiger partial charge in [-0.15, -0.1) is 0 Å². The summed E-state index contributed by atoms with van der Waals surface area (Å²) in [6.45, 7) is 7.91. The van der Waals surface area contributed by atoms with E-state index in [1.807, 2.05) is 32.0 Å². The van der Waals surface area contributed by atoms with Crippen molar-refractivity contribution in [1.82, 2.24) is 4.90 Å². The van der Waals surface area contributed by atoms with Crippen LogP contribution < -0.4 is 0 Å². The van der Waals surface area contributed by atoms with Crippen LogP contribution in [0.3, 0.4) is 0 Å². The second kappa shape index (κ2) is 7.90. The van der Waals surface area contributed by atoms with Gasteiger partial charge in [0, 0.05) is 25.1 Å². The Morgan fingerprint density at radius 1 is 1.26 bits per heavy atom.